The summed E-state index contributed by atoms with van der Waals surface area (Å²) in [5, 5.41) is 3.22. The lowest BCUT2D eigenvalue weighted by atomic mass is 9.97. The van der Waals surface area contributed by atoms with Crippen molar-refractivity contribution in [2.75, 3.05) is 26.7 Å². The zero-order chi connectivity index (χ0) is 14.4. The third-order valence-corrected chi connectivity index (χ3v) is 4.04. The van der Waals surface area contributed by atoms with Crippen LogP contribution >= 0.6 is 12.4 Å². The van der Waals surface area contributed by atoms with Crippen LogP contribution in [0.15, 0.2) is 24.3 Å². The van der Waals surface area contributed by atoms with Gasteiger partial charge in [0.2, 0.25) is 0 Å². The van der Waals surface area contributed by atoms with Crippen molar-refractivity contribution in [2.45, 2.75) is 32.6 Å². The molecular weight excluding hydrogens is 284 g/mol. The molecule has 1 fully saturated rings. The molecule has 1 atom stereocenters. The van der Waals surface area contributed by atoms with E-state index in [0.29, 0.717) is 5.92 Å². The van der Waals surface area contributed by atoms with Crippen molar-refractivity contribution in [1.82, 2.24) is 10.2 Å². The second-order valence-electron chi connectivity index (χ2n) is 5.76. The number of halogens is 1. The summed E-state index contributed by atoms with van der Waals surface area (Å²) >= 11 is 0. The molecule has 0 aliphatic carbocycles. The number of carbonyl (C=O) groups excluding carboxylic acids is 1. The molecule has 0 saturated carbocycles. The van der Waals surface area contributed by atoms with Crippen molar-refractivity contribution in [3.05, 3.63) is 35.4 Å². The molecule has 1 aliphatic rings. The SMILES string of the molecule is CCCc1ccc(C(=O)N2CCCC(CNC)C2)cc1.Cl. The summed E-state index contributed by atoms with van der Waals surface area (Å²) in [7, 11) is 1.98. The Morgan fingerprint density at radius 1 is 1.33 bits per heavy atom. The van der Waals surface area contributed by atoms with E-state index in [0.717, 1.165) is 44.5 Å². The number of amides is 1. The van der Waals surface area contributed by atoms with Gasteiger partial charge in [-0.3, -0.25) is 4.79 Å². The maximum atomic E-state index is 12.5. The summed E-state index contributed by atoms with van der Waals surface area (Å²) in [4.78, 5) is 14.5. The Bertz CT molecular complexity index is 431. The fraction of sp³-hybridized carbons (Fsp3) is 0.588. The first-order chi connectivity index (χ1) is 9.74. The number of hydrogen-bond donors (Lipinski definition) is 1. The first-order valence-electron chi connectivity index (χ1n) is 7.77. The van der Waals surface area contributed by atoms with E-state index in [1.165, 1.54) is 12.0 Å². The Hall–Kier alpha value is -1.06. The number of aryl methyl sites for hydroxylation is 1. The lowest BCUT2D eigenvalue weighted by molar-refractivity contribution is 0.0674. The number of likely N-dealkylation sites (tertiary alicyclic amines) is 1. The third-order valence-electron chi connectivity index (χ3n) is 4.04. The fourth-order valence-corrected chi connectivity index (χ4v) is 2.99. The van der Waals surface area contributed by atoms with Gasteiger partial charge in [0.25, 0.3) is 5.91 Å². The molecule has 1 heterocycles. The van der Waals surface area contributed by atoms with Crippen molar-refractivity contribution in [3.8, 4) is 0 Å². The van der Waals surface area contributed by atoms with Gasteiger partial charge in [0.1, 0.15) is 0 Å². The molecule has 1 aliphatic heterocycles. The number of rotatable bonds is 5. The van der Waals surface area contributed by atoms with Gasteiger partial charge in [-0.25, -0.2) is 0 Å². The first-order valence-corrected chi connectivity index (χ1v) is 7.77. The molecule has 0 radical (unpaired) electrons. The molecule has 21 heavy (non-hydrogen) atoms. The van der Waals surface area contributed by atoms with Crippen LogP contribution in [0.3, 0.4) is 0 Å². The van der Waals surface area contributed by atoms with E-state index in [-0.39, 0.29) is 18.3 Å². The normalized spacial score (nSPS) is 18.2. The summed E-state index contributed by atoms with van der Waals surface area (Å²) in [6.07, 6.45) is 4.57. The average Bonchev–Trinajstić information content (AvgIpc) is 2.48. The summed E-state index contributed by atoms with van der Waals surface area (Å²) in [6, 6.07) is 8.14. The third kappa shape index (κ3) is 5.01. The molecular formula is C17H27ClN2O. The Kier molecular flexibility index (Phi) is 7.76. The van der Waals surface area contributed by atoms with Crippen LogP contribution in [0.5, 0.6) is 0 Å². The van der Waals surface area contributed by atoms with E-state index in [1.807, 2.05) is 24.1 Å². The number of nitrogens with one attached hydrogen (secondary N) is 1. The molecule has 1 aromatic carbocycles. The molecule has 3 nitrogen and oxygen atoms in total. The molecule has 1 amide bonds. The molecule has 0 bridgehead atoms. The molecule has 2 rings (SSSR count). The maximum absolute atomic E-state index is 12.5. The molecule has 118 valence electrons. The van der Waals surface area contributed by atoms with Gasteiger partial charge in [0.05, 0.1) is 0 Å². The Morgan fingerprint density at radius 2 is 2.05 bits per heavy atom. The second kappa shape index (κ2) is 9.06. The summed E-state index contributed by atoms with van der Waals surface area (Å²) in [5.74, 6) is 0.783. The Balaban J connectivity index is 0.00000220. The van der Waals surface area contributed by atoms with Gasteiger partial charge in [-0.15, -0.1) is 12.4 Å². The molecule has 1 N–H and O–H groups in total. The van der Waals surface area contributed by atoms with Crippen LogP contribution in [-0.2, 0) is 6.42 Å². The second-order valence-corrected chi connectivity index (χ2v) is 5.76. The van der Waals surface area contributed by atoms with E-state index in [4.69, 9.17) is 0 Å². The van der Waals surface area contributed by atoms with Crippen molar-refractivity contribution in [3.63, 3.8) is 0 Å². The monoisotopic (exact) mass is 310 g/mol. The Morgan fingerprint density at radius 3 is 2.67 bits per heavy atom. The minimum atomic E-state index is 0. The summed E-state index contributed by atoms with van der Waals surface area (Å²) in [6.45, 7) is 4.96. The van der Waals surface area contributed by atoms with Gasteiger partial charge < -0.3 is 10.2 Å². The number of piperidine rings is 1. The number of carbonyl (C=O) groups is 1. The predicted molar refractivity (Wildman–Crippen MR) is 90.2 cm³/mol. The standard InChI is InChI=1S/C17H26N2O.ClH/c1-3-5-14-7-9-16(10-8-14)17(20)19-11-4-6-15(13-19)12-18-2;/h7-10,15,18H,3-6,11-13H2,1-2H3;1H. The molecule has 1 aromatic rings. The van der Waals surface area contributed by atoms with Crippen LogP contribution in [0.2, 0.25) is 0 Å². The van der Waals surface area contributed by atoms with Crippen LogP contribution in [0.1, 0.15) is 42.1 Å². The number of nitrogens with zero attached hydrogens (tertiary/aromatic N) is 1. The van der Waals surface area contributed by atoms with Crippen molar-refractivity contribution in [2.24, 2.45) is 5.92 Å². The van der Waals surface area contributed by atoms with Crippen molar-refractivity contribution >= 4 is 18.3 Å². The van der Waals surface area contributed by atoms with E-state index in [1.54, 1.807) is 0 Å². The van der Waals surface area contributed by atoms with Crippen LogP contribution < -0.4 is 5.32 Å². The largest absolute Gasteiger partial charge is 0.338 e. The first kappa shape index (κ1) is 18.0. The quantitative estimate of drug-likeness (QED) is 0.906. The lowest BCUT2D eigenvalue weighted by Crippen LogP contribution is -2.42. The number of benzene rings is 1. The van der Waals surface area contributed by atoms with E-state index in [9.17, 15) is 4.79 Å². The van der Waals surface area contributed by atoms with Gasteiger partial charge in [-0.05, 0) is 56.5 Å². The summed E-state index contributed by atoms with van der Waals surface area (Å²) < 4.78 is 0. The fourth-order valence-electron chi connectivity index (χ4n) is 2.99. The minimum absolute atomic E-state index is 0. The van der Waals surface area contributed by atoms with Gasteiger partial charge in [-0.1, -0.05) is 25.5 Å². The molecule has 0 spiro atoms. The predicted octanol–water partition coefficient (Wildman–Crippen LogP) is 3.13. The maximum Gasteiger partial charge on any atom is 0.253 e. The Labute approximate surface area is 134 Å². The van der Waals surface area contributed by atoms with Crippen LogP contribution in [-0.4, -0.2) is 37.5 Å². The highest BCUT2D eigenvalue weighted by atomic mass is 35.5. The zero-order valence-corrected chi connectivity index (χ0v) is 13.9. The van der Waals surface area contributed by atoms with Crippen LogP contribution in [0.4, 0.5) is 0 Å². The van der Waals surface area contributed by atoms with Crippen molar-refractivity contribution < 1.29 is 4.79 Å². The minimum Gasteiger partial charge on any atom is -0.338 e. The highest BCUT2D eigenvalue weighted by Crippen LogP contribution is 2.18. The van der Waals surface area contributed by atoms with E-state index < -0.39 is 0 Å². The van der Waals surface area contributed by atoms with E-state index in [2.05, 4.69) is 24.4 Å². The van der Waals surface area contributed by atoms with Gasteiger partial charge in [-0.2, -0.15) is 0 Å². The topological polar surface area (TPSA) is 32.3 Å². The van der Waals surface area contributed by atoms with Gasteiger partial charge >= 0.3 is 0 Å². The average molecular weight is 311 g/mol. The molecule has 4 heteroatoms. The van der Waals surface area contributed by atoms with Crippen molar-refractivity contribution in [1.29, 1.82) is 0 Å². The molecule has 0 aromatic heterocycles. The highest BCUT2D eigenvalue weighted by molar-refractivity contribution is 5.94. The highest BCUT2D eigenvalue weighted by Gasteiger charge is 2.23. The summed E-state index contributed by atoms with van der Waals surface area (Å²) in [5.41, 5.74) is 2.14. The van der Waals surface area contributed by atoms with Gasteiger partial charge in [0, 0.05) is 18.7 Å². The molecule has 1 saturated heterocycles. The van der Waals surface area contributed by atoms with Crippen LogP contribution in [0, 0.1) is 5.92 Å². The number of hydrogen-bond acceptors (Lipinski definition) is 2. The lowest BCUT2D eigenvalue weighted by Gasteiger charge is -2.32. The van der Waals surface area contributed by atoms with Crippen LogP contribution in [0.25, 0.3) is 0 Å². The van der Waals surface area contributed by atoms with Gasteiger partial charge in [0.15, 0.2) is 0 Å². The smallest absolute Gasteiger partial charge is 0.253 e. The zero-order valence-electron chi connectivity index (χ0n) is 13.1. The van der Waals surface area contributed by atoms with E-state index >= 15 is 0 Å². The molecule has 1 unspecified atom stereocenters.